The van der Waals surface area contributed by atoms with Gasteiger partial charge in [-0.05, 0) is 30.7 Å². The molecule has 0 radical (unpaired) electrons. The molecule has 1 N–H and O–H groups in total. The van der Waals surface area contributed by atoms with E-state index >= 15 is 0 Å². The fourth-order valence-electron chi connectivity index (χ4n) is 2.50. The van der Waals surface area contributed by atoms with Crippen LogP contribution in [0.3, 0.4) is 0 Å². The van der Waals surface area contributed by atoms with Crippen LogP contribution < -0.4 is 10.1 Å². The van der Waals surface area contributed by atoms with Gasteiger partial charge < -0.3 is 10.1 Å². The maximum Gasteiger partial charge on any atom is 0.255 e. The number of carbonyl (C=O) groups excluding carboxylic acids is 1. The molecule has 7 nitrogen and oxygen atoms in total. The van der Waals surface area contributed by atoms with Crippen LogP contribution in [-0.2, 0) is 10.0 Å². The first kappa shape index (κ1) is 19.9. The van der Waals surface area contributed by atoms with Gasteiger partial charge in [0.25, 0.3) is 5.91 Å². The molecule has 1 aromatic carbocycles. The van der Waals surface area contributed by atoms with Crippen LogP contribution in [0.2, 0.25) is 0 Å². The van der Waals surface area contributed by atoms with Gasteiger partial charge in [0.1, 0.15) is 0 Å². The van der Waals surface area contributed by atoms with Crippen LogP contribution >= 0.6 is 0 Å². The second-order valence-electron chi connectivity index (χ2n) is 5.61. The van der Waals surface area contributed by atoms with E-state index in [0.29, 0.717) is 30.2 Å². The van der Waals surface area contributed by atoms with Crippen LogP contribution in [0, 0.1) is 6.92 Å². The Bertz CT molecular complexity index is 876. The molecule has 0 saturated heterocycles. The van der Waals surface area contributed by atoms with Crippen molar-refractivity contribution < 1.29 is 17.9 Å². The molecule has 0 aliphatic rings. The van der Waals surface area contributed by atoms with Crippen molar-refractivity contribution in [2.75, 3.05) is 25.5 Å². The summed E-state index contributed by atoms with van der Waals surface area (Å²) in [4.78, 5) is 16.7. The van der Waals surface area contributed by atoms with Gasteiger partial charge in [-0.25, -0.2) is 13.4 Å². The molecule has 0 aliphatic carbocycles. The number of methoxy groups -OCH3 is 1. The van der Waals surface area contributed by atoms with Crippen LogP contribution in [0.5, 0.6) is 5.88 Å². The number of sulfonamides is 1. The second kappa shape index (κ2) is 8.29. The lowest BCUT2D eigenvalue weighted by molar-refractivity contribution is 0.102. The lowest BCUT2D eigenvalue weighted by Gasteiger charge is -2.20. The van der Waals surface area contributed by atoms with E-state index in [0.717, 1.165) is 0 Å². The first-order valence-corrected chi connectivity index (χ1v) is 9.69. The number of ether oxygens (including phenoxy) is 1. The molecule has 0 spiro atoms. The topological polar surface area (TPSA) is 88.6 Å². The molecule has 26 heavy (non-hydrogen) atoms. The number of nitrogens with zero attached hydrogens (tertiary/aromatic N) is 2. The smallest absolute Gasteiger partial charge is 0.255 e. The Morgan fingerprint density at radius 2 is 1.88 bits per heavy atom. The van der Waals surface area contributed by atoms with Crippen molar-refractivity contribution in [1.29, 1.82) is 0 Å². The Morgan fingerprint density at radius 3 is 2.42 bits per heavy atom. The average molecular weight is 377 g/mol. The van der Waals surface area contributed by atoms with Gasteiger partial charge in [0.2, 0.25) is 15.9 Å². The van der Waals surface area contributed by atoms with Crippen molar-refractivity contribution in [1.82, 2.24) is 9.29 Å². The number of aryl methyl sites for hydroxylation is 1. The zero-order valence-electron chi connectivity index (χ0n) is 15.3. The van der Waals surface area contributed by atoms with Gasteiger partial charge in [-0.2, -0.15) is 4.31 Å². The van der Waals surface area contributed by atoms with Crippen molar-refractivity contribution >= 4 is 21.6 Å². The zero-order valence-corrected chi connectivity index (χ0v) is 16.1. The summed E-state index contributed by atoms with van der Waals surface area (Å²) in [7, 11) is -2.14. The molecule has 0 aliphatic heterocycles. The van der Waals surface area contributed by atoms with E-state index in [9.17, 15) is 13.2 Å². The van der Waals surface area contributed by atoms with Crippen molar-refractivity contribution in [3.63, 3.8) is 0 Å². The highest BCUT2D eigenvalue weighted by Gasteiger charge is 2.24. The van der Waals surface area contributed by atoms with Gasteiger partial charge in [0, 0.05) is 24.7 Å². The van der Waals surface area contributed by atoms with E-state index in [2.05, 4.69) is 10.3 Å². The minimum absolute atomic E-state index is 0.140. The average Bonchev–Trinajstić information content (AvgIpc) is 2.63. The van der Waals surface area contributed by atoms with Gasteiger partial charge in [-0.15, -0.1) is 0 Å². The molecule has 0 fully saturated rings. The lowest BCUT2D eigenvalue weighted by atomic mass is 10.1. The summed E-state index contributed by atoms with van der Waals surface area (Å²) in [5.41, 5.74) is 1.35. The molecule has 1 amide bonds. The highest BCUT2D eigenvalue weighted by atomic mass is 32.2. The van der Waals surface area contributed by atoms with Crippen LogP contribution in [0.1, 0.15) is 29.8 Å². The number of aromatic nitrogens is 1. The molecular weight excluding hydrogens is 354 g/mol. The third kappa shape index (κ3) is 4.20. The first-order valence-electron chi connectivity index (χ1n) is 8.25. The monoisotopic (exact) mass is 377 g/mol. The Balaban J connectivity index is 2.31. The number of pyridine rings is 1. The molecule has 8 heteroatoms. The first-order chi connectivity index (χ1) is 12.3. The summed E-state index contributed by atoms with van der Waals surface area (Å²) in [6, 6.07) is 7.93. The maximum atomic E-state index is 12.8. The van der Waals surface area contributed by atoms with E-state index in [1.54, 1.807) is 45.0 Å². The molecule has 0 unspecified atom stereocenters. The van der Waals surface area contributed by atoms with Gasteiger partial charge in [0.15, 0.2) is 0 Å². The van der Waals surface area contributed by atoms with E-state index in [1.807, 2.05) is 0 Å². The molecule has 140 valence electrons. The largest absolute Gasteiger partial charge is 0.481 e. The summed E-state index contributed by atoms with van der Waals surface area (Å²) >= 11 is 0. The fraction of sp³-hybridized carbons (Fsp3) is 0.333. The van der Waals surface area contributed by atoms with E-state index in [-0.39, 0.29) is 10.5 Å². The molecular formula is C18H23N3O4S. The van der Waals surface area contributed by atoms with Crippen molar-refractivity contribution in [2.24, 2.45) is 0 Å². The summed E-state index contributed by atoms with van der Waals surface area (Å²) < 4.78 is 31.9. The fourth-order valence-corrected chi connectivity index (χ4v) is 4.21. The molecule has 2 rings (SSSR count). The van der Waals surface area contributed by atoms with Crippen LogP contribution in [0.4, 0.5) is 5.69 Å². The van der Waals surface area contributed by atoms with Crippen molar-refractivity contribution in [3.05, 3.63) is 47.7 Å². The molecule has 2 aromatic rings. The number of carbonyl (C=O) groups is 1. The van der Waals surface area contributed by atoms with E-state index < -0.39 is 15.9 Å². The van der Waals surface area contributed by atoms with E-state index in [1.165, 1.54) is 23.7 Å². The molecule has 0 atom stereocenters. The number of amides is 1. The van der Waals surface area contributed by atoms with Gasteiger partial charge in [-0.3, -0.25) is 4.79 Å². The Hall–Kier alpha value is -2.45. The van der Waals surface area contributed by atoms with Gasteiger partial charge in [-0.1, -0.05) is 19.9 Å². The number of anilines is 1. The number of rotatable bonds is 7. The number of nitrogens with one attached hydrogen (secondary N) is 1. The Morgan fingerprint density at radius 1 is 1.19 bits per heavy atom. The number of benzene rings is 1. The summed E-state index contributed by atoms with van der Waals surface area (Å²) in [6.45, 7) is 6.01. The van der Waals surface area contributed by atoms with Gasteiger partial charge >= 0.3 is 0 Å². The van der Waals surface area contributed by atoms with Crippen molar-refractivity contribution in [2.45, 2.75) is 25.7 Å². The third-order valence-corrected chi connectivity index (χ3v) is 6.17. The Kier molecular flexibility index (Phi) is 6.33. The van der Waals surface area contributed by atoms with Crippen molar-refractivity contribution in [3.8, 4) is 5.88 Å². The SMILES string of the molecule is CCN(CC)S(=O)(=O)c1cc(C(=O)Nc2ccc(OC)nc2)ccc1C. The molecule has 1 aromatic heterocycles. The summed E-state index contributed by atoms with van der Waals surface area (Å²) in [5, 5.41) is 2.70. The van der Waals surface area contributed by atoms with Crippen LogP contribution in [-0.4, -0.2) is 43.8 Å². The summed E-state index contributed by atoms with van der Waals surface area (Å²) in [6.07, 6.45) is 1.47. The second-order valence-corrected chi connectivity index (χ2v) is 7.52. The lowest BCUT2D eigenvalue weighted by Crippen LogP contribution is -2.31. The predicted octanol–water partition coefficient (Wildman–Crippen LogP) is 2.68. The van der Waals surface area contributed by atoms with E-state index in [4.69, 9.17) is 4.74 Å². The summed E-state index contributed by atoms with van der Waals surface area (Å²) in [5.74, 6) is 0.0268. The predicted molar refractivity (Wildman–Crippen MR) is 100 cm³/mol. The minimum Gasteiger partial charge on any atom is -0.481 e. The number of hydrogen-bond donors (Lipinski definition) is 1. The normalized spacial score (nSPS) is 11.4. The minimum atomic E-state index is -3.65. The number of hydrogen-bond acceptors (Lipinski definition) is 5. The highest BCUT2D eigenvalue weighted by molar-refractivity contribution is 7.89. The molecule has 0 saturated carbocycles. The zero-order chi connectivity index (χ0) is 19.3. The molecule has 0 bridgehead atoms. The standard InChI is InChI=1S/C18H23N3O4S/c1-5-21(6-2)26(23,24)16-11-14(8-7-13(16)3)18(22)20-15-9-10-17(25-4)19-12-15/h7-12H,5-6H2,1-4H3,(H,20,22). The van der Waals surface area contributed by atoms with Crippen LogP contribution in [0.25, 0.3) is 0 Å². The third-order valence-electron chi connectivity index (χ3n) is 3.98. The maximum absolute atomic E-state index is 12.8. The highest BCUT2D eigenvalue weighted by Crippen LogP contribution is 2.22. The van der Waals surface area contributed by atoms with Crippen LogP contribution in [0.15, 0.2) is 41.4 Å². The Labute approximate surface area is 154 Å². The van der Waals surface area contributed by atoms with Gasteiger partial charge in [0.05, 0.1) is 23.9 Å². The quantitative estimate of drug-likeness (QED) is 0.801. The molecule has 1 heterocycles.